The van der Waals surface area contributed by atoms with Crippen LogP contribution in [0.1, 0.15) is 23.5 Å². The Balaban J connectivity index is 1.93. The maximum absolute atomic E-state index is 9.93. The van der Waals surface area contributed by atoms with E-state index < -0.39 is 6.29 Å². The van der Waals surface area contributed by atoms with Crippen LogP contribution in [0.3, 0.4) is 0 Å². The topological polar surface area (TPSA) is 38.7 Å². The van der Waals surface area contributed by atoms with Gasteiger partial charge in [-0.15, -0.1) is 0 Å². The van der Waals surface area contributed by atoms with Crippen LogP contribution < -0.4 is 9.47 Å². The van der Waals surface area contributed by atoms with Crippen molar-refractivity contribution in [3.05, 3.63) is 65.7 Å². The number of aliphatic hydroxyl groups is 1. The molecule has 1 unspecified atom stereocenters. The molecule has 3 rings (SSSR count). The molecule has 1 aliphatic rings. The number of rotatable bonds is 3. The van der Waals surface area contributed by atoms with Crippen LogP contribution in [0, 0.1) is 0 Å². The molecule has 0 saturated carbocycles. The van der Waals surface area contributed by atoms with Gasteiger partial charge < -0.3 is 14.6 Å². The minimum Gasteiger partial charge on any atom is -0.493 e. The van der Waals surface area contributed by atoms with Crippen molar-refractivity contribution in [3.63, 3.8) is 0 Å². The molecule has 1 N–H and O–H groups in total. The number of allylic oxidation sites excluding steroid dienone is 1. The van der Waals surface area contributed by atoms with Gasteiger partial charge in [0.2, 0.25) is 0 Å². The molecule has 0 bridgehead atoms. The van der Waals surface area contributed by atoms with Crippen molar-refractivity contribution in [3.8, 4) is 11.5 Å². The van der Waals surface area contributed by atoms with E-state index in [4.69, 9.17) is 9.47 Å². The zero-order chi connectivity index (χ0) is 14.7. The average Bonchev–Trinajstić information content (AvgIpc) is 2.53. The van der Waals surface area contributed by atoms with E-state index in [1.54, 1.807) is 7.11 Å². The second-order valence-corrected chi connectivity index (χ2v) is 5.06. The molecule has 3 nitrogen and oxygen atoms in total. The van der Waals surface area contributed by atoms with Crippen molar-refractivity contribution >= 4 is 6.08 Å². The van der Waals surface area contributed by atoms with E-state index in [1.165, 1.54) is 0 Å². The monoisotopic (exact) mass is 282 g/mol. The average molecular weight is 282 g/mol. The van der Waals surface area contributed by atoms with Crippen LogP contribution >= 0.6 is 0 Å². The van der Waals surface area contributed by atoms with Gasteiger partial charge in [-0.05, 0) is 11.6 Å². The molecule has 1 heterocycles. The van der Waals surface area contributed by atoms with Crippen LogP contribution in [0.4, 0.5) is 0 Å². The van der Waals surface area contributed by atoms with Gasteiger partial charge in [0.15, 0.2) is 17.8 Å². The first-order valence-corrected chi connectivity index (χ1v) is 7.03. The highest BCUT2D eigenvalue weighted by molar-refractivity contribution is 5.55. The van der Waals surface area contributed by atoms with E-state index in [0.717, 1.165) is 11.1 Å². The lowest BCUT2D eigenvalue weighted by molar-refractivity contribution is -0.0369. The van der Waals surface area contributed by atoms with Crippen LogP contribution in [0.15, 0.2) is 54.6 Å². The summed E-state index contributed by atoms with van der Waals surface area (Å²) in [4.78, 5) is 0. The minimum atomic E-state index is -0.806. The first kappa shape index (κ1) is 13.7. The first-order valence-electron chi connectivity index (χ1n) is 7.03. The van der Waals surface area contributed by atoms with Gasteiger partial charge in [0.05, 0.1) is 7.11 Å². The second-order valence-electron chi connectivity index (χ2n) is 5.06. The van der Waals surface area contributed by atoms with Gasteiger partial charge in [-0.1, -0.05) is 54.6 Å². The van der Waals surface area contributed by atoms with E-state index >= 15 is 0 Å². The van der Waals surface area contributed by atoms with Gasteiger partial charge in [-0.2, -0.15) is 0 Å². The van der Waals surface area contributed by atoms with Crippen molar-refractivity contribution in [1.29, 1.82) is 0 Å². The van der Waals surface area contributed by atoms with Crippen molar-refractivity contribution in [2.24, 2.45) is 0 Å². The van der Waals surface area contributed by atoms with Crippen molar-refractivity contribution in [2.45, 2.75) is 18.6 Å². The molecule has 2 atom stereocenters. The maximum atomic E-state index is 9.93. The highest BCUT2D eigenvalue weighted by atomic mass is 16.6. The third-order valence-corrected chi connectivity index (χ3v) is 3.66. The summed E-state index contributed by atoms with van der Waals surface area (Å²) in [5.41, 5.74) is 2.19. The van der Waals surface area contributed by atoms with Crippen LogP contribution in [0.2, 0.25) is 0 Å². The standard InChI is InChI=1S/C18H18O3/c1-20-16-9-5-8-15-14(12-17(19)21-18(15)16)11-10-13-6-3-2-4-7-13/h2-11,14,17,19H,12H2,1H3/b11-10+/t14-,17?/m1/s1. The van der Waals surface area contributed by atoms with Crippen molar-refractivity contribution < 1.29 is 14.6 Å². The third-order valence-electron chi connectivity index (χ3n) is 3.66. The van der Waals surface area contributed by atoms with E-state index in [0.29, 0.717) is 17.9 Å². The Kier molecular flexibility index (Phi) is 3.93. The molecule has 2 aromatic carbocycles. The van der Waals surface area contributed by atoms with Crippen LogP contribution in [0.5, 0.6) is 11.5 Å². The summed E-state index contributed by atoms with van der Waals surface area (Å²) in [6, 6.07) is 15.9. The molecule has 2 aromatic rings. The molecule has 0 radical (unpaired) electrons. The largest absolute Gasteiger partial charge is 0.493 e. The Labute approximate surface area is 124 Å². The summed E-state index contributed by atoms with van der Waals surface area (Å²) < 4.78 is 10.8. The Bertz CT molecular complexity index is 634. The smallest absolute Gasteiger partial charge is 0.198 e. The molecular weight excluding hydrogens is 264 g/mol. The Hall–Kier alpha value is -2.26. The van der Waals surface area contributed by atoms with E-state index in [1.807, 2.05) is 36.4 Å². The number of fused-ring (bicyclic) bond motifs is 1. The molecule has 108 valence electrons. The normalized spacial score (nSPS) is 20.9. The van der Waals surface area contributed by atoms with Crippen LogP contribution in [-0.4, -0.2) is 18.5 Å². The third kappa shape index (κ3) is 2.93. The number of benzene rings is 2. The second kappa shape index (κ2) is 6.02. The van der Waals surface area contributed by atoms with Gasteiger partial charge in [-0.25, -0.2) is 0 Å². The van der Waals surface area contributed by atoms with Gasteiger partial charge in [0.1, 0.15) is 0 Å². The number of aliphatic hydroxyl groups excluding tert-OH is 1. The zero-order valence-corrected chi connectivity index (χ0v) is 11.9. The summed E-state index contributed by atoms with van der Waals surface area (Å²) in [6.45, 7) is 0. The quantitative estimate of drug-likeness (QED) is 0.935. The molecule has 0 aromatic heterocycles. The van der Waals surface area contributed by atoms with E-state index in [2.05, 4.69) is 24.3 Å². The molecule has 3 heteroatoms. The molecule has 0 amide bonds. The van der Waals surface area contributed by atoms with Crippen molar-refractivity contribution in [1.82, 2.24) is 0 Å². The van der Waals surface area contributed by atoms with Gasteiger partial charge in [0, 0.05) is 17.9 Å². The summed E-state index contributed by atoms with van der Waals surface area (Å²) in [6.07, 6.45) is 3.92. The van der Waals surface area contributed by atoms with Gasteiger partial charge in [0.25, 0.3) is 0 Å². The van der Waals surface area contributed by atoms with Gasteiger partial charge >= 0.3 is 0 Å². The lowest BCUT2D eigenvalue weighted by Gasteiger charge is -2.28. The van der Waals surface area contributed by atoms with E-state index in [9.17, 15) is 5.11 Å². The number of hydrogen-bond acceptors (Lipinski definition) is 3. The Morgan fingerprint density at radius 1 is 1.14 bits per heavy atom. The van der Waals surface area contributed by atoms with Crippen molar-refractivity contribution in [2.75, 3.05) is 7.11 Å². The lowest BCUT2D eigenvalue weighted by atomic mass is 9.91. The van der Waals surface area contributed by atoms with E-state index in [-0.39, 0.29) is 5.92 Å². The SMILES string of the molecule is COc1cccc2c1OC(O)C[C@H]2/C=C/c1ccccc1. The molecule has 21 heavy (non-hydrogen) atoms. The Morgan fingerprint density at radius 3 is 2.71 bits per heavy atom. The first-order chi connectivity index (χ1) is 10.3. The number of para-hydroxylation sites is 1. The highest BCUT2D eigenvalue weighted by Gasteiger charge is 2.27. The molecule has 0 aliphatic carbocycles. The predicted molar refractivity (Wildman–Crippen MR) is 82.5 cm³/mol. The molecule has 0 saturated heterocycles. The molecule has 1 aliphatic heterocycles. The molecular formula is C18H18O3. The molecule has 0 fully saturated rings. The fraction of sp³-hybridized carbons (Fsp3) is 0.222. The van der Waals surface area contributed by atoms with Crippen LogP contribution in [0.25, 0.3) is 6.08 Å². The summed E-state index contributed by atoms with van der Waals surface area (Å²) in [5.74, 6) is 1.41. The summed E-state index contributed by atoms with van der Waals surface area (Å²) in [5, 5.41) is 9.93. The summed E-state index contributed by atoms with van der Waals surface area (Å²) in [7, 11) is 1.61. The Morgan fingerprint density at radius 2 is 1.95 bits per heavy atom. The van der Waals surface area contributed by atoms with Crippen LogP contribution in [-0.2, 0) is 0 Å². The number of hydrogen-bond donors (Lipinski definition) is 1. The minimum absolute atomic E-state index is 0.110. The highest BCUT2D eigenvalue weighted by Crippen LogP contribution is 2.42. The fourth-order valence-corrected chi connectivity index (χ4v) is 2.61. The number of ether oxygens (including phenoxy) is 2. The molecule has 0 spiro atoms. The number of methoxy groups -OCH3 is 1. The maximum Gasteiger partial charge on any atom is 0.198 e. The zero-order valence-electron chi connectivity index (χ0n) is 11.9. The predicted octanol–water partition coefficient (Wildman–Crippen LogP) is 3.59. The fourth-order valence-electron chi connectivity index (χ4n) is 2.61. The van der Waals surface area contributed by atoms with Gasteiger partial charge in [-0.3, -0.25) is 0 Å². The summed E-state index contributed by atoms with van der Waals surface area (Å²) >= 11 is 0. The lowest BCUT2D eigenvalue weighted by Crippen LogP contribution is -2.24.